The average molecular weight is 374 g/mol. The van der Waals surface area contributed by atoms with Gasteiger partial charge in [0.2, 0.25) is 12.1 Å². The molecule has 0 radical (unpaired) electrons. The number of ether oxygens (including phenoxy) is 2. The van der Waals surface area contributed by atoms with Crippen LogP contribution in [0.1, 0.15) is 70.9 Å². The largest absolute Gasteiger partial charge is 0.475 e. The van der Waals surface area contributed by atoms with Gasteiger partial charge in [0.05, 0.1) is 31.0 Å². The molecule has 2 aliphatic rings. The van der Waals surface area contributed by atoms with Crippen molar-refractivity contribution >= 4 is 0 Å². The van der Waals surface area contributed by atoms with E-state index in [0.717, 1.165) is 44.4 Å². The molecule has 2 unspecified atom stereocenters. The monoisotopic (exact) mass is 373 g/mol. The molecule has 2 aromatic heterocycles. The molecule has 0 N–H and O–H groups in total. The van der Waals surface area contributed by atoms with Gasteiger partial charge >= 0.3 is 0 Å². The summed E-state index contributed by atoms with van der Waals surface area (Å²) in [7, 11) is 0. The van der Waals surface area contributed by atoms with Crippen molar-refractivity contribution in [1.82, 2.24) is 14.5 Å². The lowest BCUT2D eigenvalue weighted by Gasteiger charge is -2.29. The minimum absolute atomic E-state index is 0.140. The van der Waals surface area contributed by atoms with Gasteiger partial charge < -0.3 is 9.47 Å². The summed E-state index contributed by atoms with van der Waals surface area (Å²) >= 11 is 0. The lowest BCUT2D eigenvalue weighted by atomic mass is 9.94. The maximum absolute atomic E-state index is 6.19. The number of rotatable bonds is 4. The van der Waals surface area contributed by atoms with Gasteiger partial charge in [-0.25, -0.2) is 4.68 Å². The van der Waals surface area contributed by atoms with E-state index >= 15 is 0 Å². The molecule has 0 aliphatic carbocycles. The number of hydrogen-bond donors (Lipinski definition) is 0. The molecular formula is C21H33N4O2+. The Bertz CT molecular complexity index is 834. The Morgan fingerprint density at radius 3 is 2.78 bits per heavy atom. The lowest BCUT2D eigenvalue weighted by molar-refractivity contribution is -0.779. The highest BCUT2D eigenvalue weighted by atomic mass is 16.5. The minimum Gasteiger partial charge on any atom is -0.475 e. The Labute approximate surface area is 162 Å². The molecule has 2 aliphatic heterocycles. The maximum Gasteiger partial charge on any atom is 0.256 e. The number of aromatic nitrogens is 4. The molecule has 6 heteroatoms. The van der Waals surface area contributed by atoms with Crippen molar-refractivity contribution in [2.24, 2.45) is 5.41 Å². The van der Waals surface area contributed by atoms with Crippen LogP contribution in [0.2, 0.25) is 0 Å². The van der Waals surface area contributed by atoms with Gasteiger partial charge in [-0.15, -0.1) is 9.36 Å². The number of nitrogens with zero attached hydrogens (tertiary/aromatic N) is 4. The molecule has 0 fully saturated rings. The number of hydrogen-bond acceptors (Lipinski definition) is 3. The van der Waals surface area contributed by atoms with Crippen LogP contribution in [0.4, 0.5) is 0 Å². The zero-order valence-electron chi connectivity index (χ0n) is 17.5. The molecule has 6 nitrogen and oxygen atoms in total. The fourth-order valence-corrected chi connectivity index (χ4v) is 4.08. The quantitative estimate of drug-likeness (QED) is 0.771. The smallest absolute Gasteiger partial charge is 0.256 e. The molecule has 27 heavy (non-hydrogen) atoms. The second-order valence-electron chi connectivity index (χ2n) is 9.42. The van der Waals surface area contributed by atoms with E-state index in [1.807, 2.05) is 10.9 Å². The molecule has 0 saturated carbocycles. The first kappa shape index (κ1) is 18.4. The Hall–Kier alpha value is -1.98. The summed E-state index contributed by atoms with van der Waals surface area (Å²) in [6.45, 7) is 17.0. The molecule has 0 amide bonds. The molecular weight excluding hydrogens is 340 g/mol. The van der Waals surface area contributed by atoms with Crippen molar-refractivity contribution in [2.75, 3.05) is 6.61 Å². The van der Waals surface area contributed by atoms with Gasteiger partial charge in [0.1, 0.15) is 0 Å². The Morgan fingerprint density at radius 2 is 2.04 bits per heavy atom. The third kappa shape index (κ3) is 3.34. The van der Waals surface area contributed by atoms with Gasteiger partial charge in [-0.2, -0.15) is 5.10 Å². The Balaban J connectivity index is 1.64. The fraction of sp³-hybridized carbons (Fsp3) is 0.714. The predicted octanol–water partition coefficient (Wildman–Crippen LogP) is 3.49. The van der Waals surface area contributed by atoms with Crippen LogP contribution in [-0.4, -0.2) is 27.2 Å². The normalized spacial score (nSPS) is 22.0. The first-order valence-electron chi connectivity index (χ1n) is 10.2. The SMILES string of the molecule is CC1CCn2ncc(C(C)C[n+]3cc(C(C)C)c4n3CC(C)(C)CO4)c2O1. The Kier molecular flexibility index (Phi) is 4.47. The molecule has 0 aromatic carbocycles. The van der Waals surface area contributed by atoms with Crippen molar-refractivity contribution < 1.29 is 14.2 Å². The maximum atomic E-state index is 6.19. The van der Waals surface area contributed by atoms with Gasteiger partial charge in [-0.1, -0.05) is 34.6 Å². The molecule has 148 valence electrons. The average Bonchev–Trinajstić information content (AvgIpc) is 3.15. The van der Waals surface area contributed by atoms with E-state index in [0.29, 0.717) is 11.8 Å². The Morgan fingerprint density at radius 1 is 1.26 bits per heavy atom. The molecule has 0 spiro atoms. The highest BCUT2D eigenvalue weighted by Crippen LogP contribution is 2.35. The van der Waals surface area contributed by atoms with Crippen molar-refractivity contribution in [3.63, 3.8) is 0 Å². The van der Waals surface area contributed by atoms with Gasteiger partial charge in [0, 0.05) is 29.9 Å². The molecule has 4 rings (SSSR count). The van der Waals surface area contributed by atoms with E-state index in [-0.39, 0.29) is 11.5 Å². The summed E-state index contributed by atoms with van der Waals surface area (Å²) < 4.78 is 19.0. The van der Waals surface area contributed by atoms with E-state index in [1.54, 1.807) is 0 Å². The van der Waals surface area contributed by atoms with Gasteiger partial charge in [-0.05, 0) is 12.8 Å². The molecule has 2 aromatic rings. The first-order chi connectivity index (χ1) is 12.7. The highest BCUT2D eigenvalue weighted by molar-refractivity contribution is 5.29. The van der Waals surface area contributed by atoms with Crippen molar-refractivity contribution in [1.29, 1.82) is 0 Å². The van der Waals surface area contributed by atoms with Crippen LogP contribution >= 0.6 is 0 Å². The standard InChI is InChI=1S/C21H33N4O2/c1-14(2)18-11-23(25-12-21(5,6)13-26-20(18)25)10-15(3)17-9-22-24-8-7-16(4)27-19(17)24/h9,11,14-16H,7-8,10,12-13H2,1-6H3/q+1. The van der Waals surface area contributed by atoms with Crippen LogP contribution in [0.15, 0.2) is 12.4 Å². The lowest BCUT2D eigenvalue weighted by Crippen LogP contribution is -2.49. The van der Waals surface area contributed by atoms with E-state index in [1.165, 1.54) is 11.1 Å². The summed E-state index contributed by atoms with van der Waals surface area (Å²) in [4.78, 5) is 0. The van der Waals surface area contributed by atoms with Gasteiger partial charge in [-0.3, -0.25) is 0 Å². The van der Waals surface area contributed by atoms with E-state index in [2.05, 4.69) is 62.2 Å². The minimum atomic E-state index is 0.140. The van der Waals surface area contributed by atoms with E-state index < -0.39 is 0 Å². The zero-order valence-corrected chi connectivity index (χ0v) is 17.5. The topological polar surface area (TPSA) is 45.1 Å². The van der Waals surface area contributed by atoms with Crippen LogP contribution in [0.3, 0.4) is 0 Å². The van der Waals surface area contributed by atoms with Crippen molar-refractivity contribution in [3.05, 3.63) is 23.5 Å². The number of aryl methyl sites for hydroxylation is 1. The first-order valence-corrected chi connectivity index (χ1v) is 10.2. The van der Waals surface area contributed by atoms with E-state index in [9.17, 15) is 0 Å². The van der Waals surface area contributed by atoms with Crippen LogP contribution in [0, 0.1) is 5.41 Å². The molecule has 0 bridgehead atoms. The highest BCUT2D eigenvalue weighted by Gasteiger charge is 2.36. The fourth-order valence-electron chi connectivity index (χ4n) is 4.08. The zero-order chi connectivity index (χ0) is 19.3. The molecule has 0 saturated heterocycles. The van der Waals surface area contributed by atoms with Gasteiger partial charge in [0.15, 0.2) is 6.54 Å². The van der Waals surface area contributed by atoms with Crippen LogP contribution in [0.5, 0.6) is 11.8 Å². The van der Waals surface area contributed by atoms with Gasteiger partial charge in [0.25, 0.3) is 5.88 Å². The third-order valence-corrected chi connectivity index (χ3v) is 5.75. The second-order valence-corrected chi connectivity index (χ2v) is 9.42. The van der Waals surface area contributed by atoms with Crippen LogP contribution < -0.4 is 14.2 Å². The summed E-state index contributed by atoms with van der Waals surface area (Å²) in [5.74, 6) is 2.75. The molecule has 2 atom stereocenters. The van der Waals surface area contributed by atoms with Crippen molar-refractivity contribution in [2.45, 2.75) is 85.5 Å². The van der Waals surface area contributed by atoms with Crippen LogP contribution in [0.25, 0.3) is 0 Å². The summed E-state index contributed by atoms with van der Waals surface area (Å²) in [5.41, 5.74) is 2.63. The summed E-state index contributed by atoms with van der Waals surface area (Å²) in [5, 5.41) is 4.55. The third-order valence-electron chi connectivity index (χ3n) is 5.75. The predicted molar refractivity (Wildman–Crippen MR) is 103 cm³/mol. The summed E-state index contributed by atoms with van der Waals surface area (Å²) in [6.07, 6.45) is 5.54. The summed E-state index contributed by atoms with van der Waals surface area (Å²) in [6, 6.07) is 0. The second kappa shape index (κ2) is 6.57. The number of fused-ring (bicyclic) bond motifs is 2. The molecule has 4 heterocycles. The van der Waals surface area contributed by atoms with Crippen molar-refractivity contribution in [3.8, 4) is 11.8 Å². The van der Waals surface area contributed by atoms with E-state index in [4.69, 9.17) is 9.47 Å². The van der Waals surface area contributed by atoms with Crippen LogP contribution in [-0.2, 0) is 19.6 Å².